The summed E-state index contributed by atoms with van der Waals surface area (Å²) in [6.45, 7) is 7.92. The fourth-order valence-electron chi connectivity index (χ4n) is 8.26. The number of ether oxygens (including phenoxy) is 3. The number of rotatable bonds is 3. The number of methoxy groups -OCH3 is 3. The second-order valence-electron chi connectivity index (χ2n) is 10.7. The number of aliphatic hydroxyl groups is 1. The van der Waals surface area contributed by atoms with Crippen LogP contribution in [0.25, 0.3) is 0 Å². The zero-order valence-corrected chi connectivity index (χ0v) is 19.2. The molecule has 31 heavy (non-hydrogen) atoms. The normalized spacial score (nSPS) is 47.9. The molecular formula is C24H34O7. The Balaban J connectivity index is 1.93. The molecule has 7 nitrogen and oxygen atoms in total. The lowest BCUT2D eigenvalue weighted by Crippen LogP contribution is -2.55. The predicted octanol–water partition coefficient (Wildman–Crippen LogP) is 2.65. The molecule has 0 radical (unpaired) electrons. The van der Waals surface area contributed by atoms with Gasteiger partial charge in [-0.15, -0.1) is 0 Å². The van der Waals surface area contributed by atoms with Crippen molar-refractivity contribution in [2.45, 2.75) is 58.0 Å². The van der Waals surface area contributed by atoms with Gasteiger partial charge in [0.1, 0.15) is 0 Å². The molecule has 7 heteroatoms. The van der Waals surface area contributed by atoms with Crippen LogP contribution in [0.15, 0.2) is 12.2 Å². The van der Waals surface area contributed by atoms with Crippen molar-refractivity contribution in [1.82, 2.24) is 0 Å². The zero-order valence-electron chi connectivity index (χ0n) is 19.2. The second-order valence-corrected chi connectivity index (χ2v) is 10.7. The van der Waals surface area contributed by atoms with Crippen LogP contribution in [-0.2, 0) is 28.6 Å². The Morgan fingerprint density at radius 1 is 0.968 bits per heavy atom. The van der Waals surface area contributed by atoms with Crippen molar-refractivity contribution >= 4 is 17.9 Å². The van der Waals surface area contributed by atoms with E-state index in [1.807, 2.05) is 13.8 Å². The minimum Gasteiger partial charge on any atom is -0.469 e. The SMILES string of the molecule is C=C1C[C@]23C[C@@]1(C(=O)OC)CC[C@H]2[C@H]1[C@H]([C@@H]3C(=O)OC)[C@](C)(C(=O)OC)CC[C@@]1(C)O. The monoisotopic (exact) mass is 434 g/mol. The van der Waals surface area contributed by atoms with Crippen molar-refractivity contribution in [2.75, 3.05) is 21.3 Å². The molecule has 1 spiro atoms. The molecule has 4 fully saturated rings. The highest BCUT2D eigenvalue weighted by Crippen LogP contribution is 2.77. The van der Waals surface area contributed by atoms with Crippen molar-refractivity contribution < 1.29 is 33.7 Å². The van der Waals surface area contributed by atoms with Crippen LogP contribution in [0.5, 0.6) is 0 Å². The van der Waals surface area contributed by atoms with Crippen molar-refractivity contribution in [3.05, 3.63) is 12.2 Å². The van der Waals surface area contributed by atoms with E-state index in [1.54, 1.807) is 0 Å². The highest BCUT2D eigenvalue weighted by molar-refractivity contribution is 5.84. The first-order valence-electron chi connectivity index (χ1n) is 11.1. The Morgan fingerprint density at radius 3 is 2.19 bits per heavy atom. The van der Waals surface area contributed by atoms with Crippen LogP contribution in [0, 0.1) is 39.9 Å². The Bertz CT molecular complexity index is 847. The topological polar surface area (TPSA) is 99.1 Å². The summed E-state index contributed by atoms with van der Waals surface area (Å²) < 4.78 is 15.6. The summed E-state index contributed by atoms with van der Waals surface area (Å²) in [5, 5.41) is 11.5. The third-order valence-corrected chi connectivity index (χ3v) is 9.56. The van der Waals surface area contributed by atoms with Gasteiger partial charge in [0.05, 0.1) is 43.7 Å². The first-order chi connectivity index (χ1) is 14.4. The predicted molar refractivity (Wildman–Crippen MR) is 110 cm³/mol. The third kappa shape index (κ3) is 2.58. The molecule has 0 saturated heterocycles. The van der Waals surface area contributed by atoms with Gasteiger partial charge in [0, 0.05) is 0 Å². The van der Waals surface area contributed by atoms with Gasteiger partial charge in [-0.2, -0.15) is 0 Å². The molecule has 4 saturated carbocycles. The summed E-state index contributed by atoms with van der Waals surface area (Å²) in [5.74, 6) is -2.45. The van der Waals surface area contributed by atoms with E-state index in [0.29, 0.717) is 38.5 Å². The molecule has 0 unspecified atom stereocenters. The smallest absolute Gasteiger partial charge is 0.315 e. The van der Waals surface area contributed by atoms with Crippen LogP contribution in [-0.4, -0.2) is 49.9 Å². The Kier molecular flexibility index (Phi) is 4.90. The maximum atomic E-state index is 13.4. The van der Waals surface area contributed by atoms with E-state index in [-0.39, 0.29) is 29.7 Å². The first-order valence-corrected chi connectivity index (χ1v) is 11.1. The quantitative estimate of drug-likeness (QED) is 0.414. The first kappa shape index (κ1) is 22.3. The minimum absolute atomic E-state index is 0.0297. The standard InChI is InChI=1S/C24H34O7/c1-13-11-24-12-23(13,20(27)31-6)8-7-14(24)15-16(17(24)18(25)29-4)21(2,19(26)30-5)9-10-22(15,3)28/h14-17,28H,1,7-12H2,2-6H3/t14-,15-,16+,17+,21+,22+,23-,24-/m0/s1. The van der Waals surface area contributed by atoms with E-state index in [9.17, 15) is 19.5 Å². The van der Waals surface area contributed by atoms with Crippen LogP contribution in [0.2, 0.25) is 0 Å². The molecule has 0 aromatic rings. The number of hydrogen-bond donors (Lipinski definition) is 1. The molecule has 0 aliphatic heterocycles. The Labute approximate surface area is 183 Å². The van der Waals surface area contributed by atoms with Gasteiger partial charge in [0.25, 0.3) is 0 Å². The minimum atomic E-state index is -1.03. The summed E-state index contributed by atoms with van der Waals surface area (Å²) in [6, 6.07) is 0. The molecule has 4 aliphatic carbocycles. The lowest BCUT2D eigenvalue weighted by Gasteiger charge is -2.51. The van der Waals surface area contributed by atoms with Gasteiger partial charge in [-0.1, -0.05) is 12.2 Å². The van der Waals surface area contributed by atoms with E-state index >= 15 is 0 Å². The maximum absolute atomic E-state index is 13.4. The number of carbonyl (C=O) groups is 3. The molecule has 0 heterocycles. The van der Waals surface area contributed by atoms with E-state index < -0.39 is 33.7 Å². The van der Waals surface area contributed by atoms with Gasteiger partial charge in [-0.3, -0.25) is 14.4 Å². The molecular weight excluding hydrogens is 400 g/mol. The zero-order chi connectivity index (χ0) is 23.0. The average molecular weight is 435 g/mol. The van der Waals surface area contributed by atoms with Crippen LogP contribution < -0.4 is 0 Å². The van der Waals surface area contributed by atoms with Crippen molar-refractivity contribution in [2.24, 2.45) is 39.9 Å². The van der Waals surface area contributed by atoms with Gasteiger partial charge < -0.3 is 19.3 Å². The molecule has 172 valence electrons. The van der Waals surface area contributed by atoms with Crippen molar-refractivity contribution in [3.63, 3.8) is 0 Å². The third-order valence-electron chi connectivity index (χ3n) is 9.56. The van der Waals surface area contributed by atoms with E-state index in [1.165, 1.54) is 21.3 Å². The Morgan fingerprint density at radius 2 is 1.61 bits per heavy atom. The summed E-state index contributed by atoms with van der Waals surface area (Å²) in [6.07, 6.45) is 3.04. The lowest BCUT2D eigenvalue weighted by atomic mass is 9.55. The maximum Gasteiger partial charge on any atom is 0.315 e. The average Bonchev–Trinajstić information content (AvgIpc) is 3.18. The largest absolute Gasteiger partial charge is 0.469 e. The molecule has 0 amide bonds. The molecule has 2 bridgehead atoms. The van der Waals surface area contributed by atoms with Gasteiger partial charge in [-0.05, 0) is 75.5 Å². The molecule has 8 atom stereocenters. The van der Waals surface area contributed by atoms with E-state index in [4.69, 9.17) is 14.2 Å². The van der Waals surface area contributed by atoms with Crippen LogP contribution in [0.1, 0.15) is 52.4 Å². The van der Waals surface area contributed by atoms with E-state index in [2.05, 4.69) is 6.58 Å². The van der Waals surface area contributed by atoms with Gasteiger partial charge >= 0.3 is 17.9 Å². The molecule has 1 N–H and O–H groups in total. The van der Waals surface area contributed by atoms with Gasteiger partial charge in [-0.25, -0.2) is 0 Å². The lowest BCUT2D eigenvalue weighted by molar-refractivity contribution is -0.177. The fourth-order valence-corrected chi connectivity index (χ4v) is 8.26. The number of hydrogen-bond acceptors (Lipinski definition) is 7. The summed E-state index contributed by atoms with van der Waals surface area (Å²) in [4.78, 5) is 39.3. The second kappa shape index (κ2) is 6.80. The summed E-state index contributed by atoms with van der Waals surface area (Å²) >= 11 is 0. The number of carbonyl (C=O) groups excluding carboxylic acids is 3. The summed E-state index contributed by atoms with van der Waals surface area (Å²) in [7, 11) is 4.10. The van der Waals surface area contributed by atoms with Gasteiger partial charge in [0.15, 0.2) is 0 Å². The van der Waals surface area contributed by atoms with E-state index in [0.717, 1.165) is 5.57 Å². The molecule has 0 aromatic carbocycles. The highest BCUT2D eigenvalue weighted by Gasteiger charge is 2.77. The van der Waals surface area contributed by atoms with Gasteiger partial charge in [0.2, 0.25) is 0 Å². The number of fused-ring (bicyclic) bond motifs is 3. The summed E-state index contributed by atoms with van der Waals surface area (Å²) in [5.41, 5.74) is -2.60. The number of esters is 3. The van der Waals surface area contributed by atoms with Crippen molar-refractivity contribution in [3.8, 4) is 0 Å². The molecule has 4 aliphatic rings. The molecule has 4 rings (SSSR count). The van der Waals surface area contributed by atoms with Crippen LogP contribution in [0.4, 0.5) is 0 Å². The fraction of sp³-hybridized carbons (Fsp3) is 0.792. The van der Waals surface area contributed by atoms with Crippen LogP contribution >= 0.6 is 0 Å². The van der Waals surface area contributed by atoms with Crippen LogP contribution in [0.3, 0.4) is 0 Å². The highest BCUT2D eigenvalue weighted by atomic mass is 16.5. The molecule has 0 aromatic heterocycles. The Hall–Kier alpha value is -1.89. The van der Waals surface area contributed by atoms with Crippen molar-refractivity contribution in [1.29, 1.82) is 0 Å².